The van der Waals surface area contributed by atoms with Crippen molar-refractivity contribution in [2.24, 2.45) is 0 Å². The lowest BCUT2D eigenvalue weighted by molar-refractivity contribution is 0.0193. The quantitative estimate of drug-likeness (QED) is 0.0530. The van der Waals surface area contributed by atoms with Crippen molar-refractivity contribution in [3.63, 3.8) is 0 Å². The Morgan fingerprint density at radius 1 is 0.157 bits per heavy atom. The van der Waals surface area contributed by atoms with Gasteiger partial charge in [0.05, 0.1) is 0 Å². The summed E-state index contributed by atoms with van der Waals surface area (Å²) in [6.45, 7) is 31.6. The van der Waals surface area contributed by atoms with E-state index in [0.717, 1.165) is 100 Å². The summed E-state index contributed by atoms with van der Waals surface area (Å²) >= 11 is 0. The average Bonchev–Trinajstić information content (AvgIpc) is 0.776. The molecule has 0 saturated carbocycles. The van der Waals surface area contributed by atoms with Gasteiger partial charge in [0.2, 0.25) is 0 Å². The first-order chi connectivity index (χ1) is 50.5. The van der Waals surface area contributed by atoms with Crippen molar-refractivity contribution in [2.75, 3.05) is 0 Å². The average molecular weight is 1460 g/mol. The number of rotatable bonds is 15. The monoisotopic (exact) mass is 1460 g/mol. The summed E-state index contributed by atoms with van der Waals surface area (Å²) in [6, 6.07) is 67.8. The number of carbonyl (C=O) groups is 6. The molecule has 18 heteroatoms. The van der Waals surface area contributed by atoms with Crippen molar-refractivity contribution in [1.82, 2.24) is 0 Å². The first-order valence-electron chi connectivity index (χ1n) is 35.2. The van der Waals surface area contributed by atoms with E-state index in [2.05, 4.69) is 72.8 Å². The Morgan fingerprint density at radius 2 is 0.250 bits per heavy atom. The lowest BCUT2D eigenvalue weighted by Crippen LogP contribution is -2.25. The molecule has 0 radical (unpaired) electrons. The van der Waals surface area contributed by atoms with Crippen LogP contribution in [0.1, 0.15) is 125 Å². The molecule has 0 heterocycles. The Morgan fingerprint density at radius 3 is 0.343 bits per heavy atom. The fourth-order valence-corrected chi connectivity index (χ4v) is 11.0. The topological polar surface area (TPSA) is 213 Å². The molecule has 0 amide bonds. The van der Waals surface area contributed by atoms with Gasteiger partial charge in [-0.2, -0.15) is 0 Å². The highest BCUT2D eigenvalue weighted by Crippen LogP contribution is 2.43. The summed E-state index contributed by atoms with van der Waals surface area (Å²) in [4.78, 5) is 77.5. The molecule has 0 saturated heterocycles. The zero-order valence-corrected chi connectivity index (χ0v) is 64.1. The van der Waals surface area contributed by atoms with Crippen LogP contribution in [0.4, 0.5) is 28.8 Å². The molecule has 10 aromatic rings. The fraction of sp³-hybridized carbons (Fsp3) is 0.267. The van der Waals surface area contributed by atoms with Gasteiger partial charge in [0.15, 0.2) is 0 Å². The van der Waals surface area contributed by atoms with E-state index in [-0.39, 0.29) is 34.5 Å². The third-order valence-corrected chi connectivity index (χ3v) is 15.4. The molecule has 558 valence electrons. The second kappa shape index (κ2) is 31.9. The van der Waals surface area contributed by atoms with Gasteiger partial charge < -0.3 is 56.8 Å². The van der Waals surface area contributed by atoms with Crippen LogP contribution in [-0.2, 0) is 28.4 Å². The predicted molar refractivity (Wildman–Crippen MR) is 417 cm³/mol. The molecule has 0 fully saturated rings. The summed E-state index contributed by atoms with van der Waals surface area (Å²) < 4.78 is 66.6. The molecular weight excluding hydrogens is 1370 g/mol. The van der Waals surface area contributed by atoms with Crippen LogP contribution in [0.5, 0.6) is 34.5 Å². The van der Waals surface area contributed by atoms with Crippen LogP contribution in [0.3, 0.4) is 0 Å². The Kier molecular flexibility index (Phi) is 23.1. The maximum Gasteiger partial charge on any atom is 0.514 e. The predicted octanol–water partition coefficient (Wildman–Crippen LogP) is 24.6. The van der Waals surface area contributed by atoms with Crippen LogP contribution < -0.4 is 28.4 Å². The third-order valence-electron chi connectivity index (χ3n) is 15.4. The number of carbonyl (C=O) groups excluding carboxylic acids is 6. The number of benzene rings is 10. The third kappa shape index (κ3) is 23.4. The second-order valence-corrected chi connectivity index (χ2v) is 31.7. The van der Waals surface area contributed by atoms with Crippen LogP contribution >= 0.6 is 0 Å². The van der Waals surface area contributed by atoms with Gasteiger partial charge >= 0.3 is 36.9 Å². The van der Waals surface area contributed by atoms with E-state index in [1.807, 2.05) is 72.8 Å². The van der Waals surface area contributed by atoms with Crippen molar-refractivity contribution in [3.8, 4) is 135 Å². The summed E-state index contributed by atoms with van der Waals surface area (Å²) in [6.07, 6.45) is -5.08. The van der Waals surface area contributed by atoms with E-state index in [0.29, 0.717) is 0 Å². The molecule has 0 aliphatic heterocycles. The summed E-state index contributed by atoms with van der Waals surface area (Å²) in [5.41, 5.74) is 9.36. The summed E-state index contributed by atoms with van der Waals surface area (Å²) in [5, 5.41) is 0. The molecule has 0 unspecified atom stereocenters. The standard InChI is InChI=1S/C90H90O18/c1-85(2,3)103-79(91)97-73-31-19-55(20-32-73)61-43-62(56-21-33-74(34-22-56)98-80(92)104-86(4,5)6)47-67(46-61)70-52-71(68-48-63(57-23-35-75(36-24-57)99-81(93)105-87(7,8)9)44-64(49-68)58-25-37-76(38-26-58)100-82(94)106-88(10,11)12)54-72(53-70)69-50-65(59-27-39-77(40-28-59)101-83(95)107-89(13,14)15)45-66(51-69)60-29-41-78(42-30-60)102-84(96)108-90(16,17)18/h19-54H,1-18H3. The van der Waals surface area contributed by atoms with E-state index in [9.17, 15) is 28.8 Å². The van der Waals surface area contributed by atoms with Gasteiger partial charge in [-0.3, -0.25) is 0 Å². The maximum atomic E-state index is 12.9. The number of hydrogen-bond donors (Lipinski definition) is 0. The number of ether oxygens (including phenoxy) is 12. The Hall–Kier alpha value is -12.2. The van der Waals surface area contributed by atoms with Gasteiger partial charge in [-0.05, 0) is 370 Å². The summed E-state index contributed by atoms with van der Waals surface area (Å²) in [5.74, 6) is 1.64. The molecular formula is C90H90O18. The highest BCUT2D eigenvalue weighted by atomic mass is 16.8. The van der Waals surface area contributed by atoms with Gasteiger partial charge in [0.25, 0.3) is 0 Å². The molecule has 0 N–H and O–H groups in total. The molecule has 10 aromatic carbocycles. The molecule has 18 nitrogen and oxygen atoms in total. The van der Waals surface area contributed by atoms with Crippen LogP contribution in [0.25, 0.3) is 100 Å². The molecule has 0 bridgehead atoms. The Bertz CT molecular complexity index is 4130. The lowest BCUT2D eigenvalue weighted by atomic mass is 9.87. The van der Waals surface area contributed by atoms with Crippen LogP contribution in [0, 0.1) is 0 Å². The zero-order chi connectivity index (χ0) is 78.3. The van der Waals surface area contributed by atoms with E-state index >= 15 is 0 Å². The Balaban J connectivity index is 1.20. The van der Waals surface area contributed by atoms with Gasteiger partial charge in [-0.25, -0.2) is 28.8 Å². The normalized spacial score (nSPS) is 11.8. The highest BCUT2D eigenvalue weighted by molar-refractivity contribution is 5.91. The maximum absolute atomic E-state index is 12.9. The van der Waals surface area contributed by atoms with Gasteiger partial charge in [0, 0.05) is 0 Å². The van der Waals surface area contributed by atoms with Crippen molar-refractivity contribution < 1.29 is 85.6 Å². The van der Waals surface area contributed by atoms with Crippen LogP contribution in [0.15, 0.2) is 218 Å². The smallest absolute Gasteiger partial charge is 0.428 e. The van der Waals surface area contributed by atoms with Gasteiger partial charge in [0.1, 0.15) is 68.1 Å². The van der Waals surface area contributed by atoms with E-state index in [4.69, 9.17) is 56.8 Å². The fourth-order valence-electron chi connectivity index (χ4n) is 11.0. The van der Waals surface area contributed by atoms with Gasteiger partial charge in [-0.1, -0.05) is 72.8 Å². The first-order valence-corrected chi connectivity index (χ1v) is 35.2. The minimum atomic E-state index is -0.846. The molecule has 0 atom stereocenters. The van der Waals surface area contributed by atoms with E-state index in [1.165, 1.54) is 0 Å². The molecule has 0 aliphatic rings. The molecule has 0 aromatic heterocycles. The lowest BCUT2D eigenvalue weighted by Gasteiger charge is -2.19. The number of hydrogen-bond acceptors (Lipinski definition) is 18. The molecule has 108 heavy (non-hydrogen) atoms. The van der Waals surface area contributed by atoms with Crippen LogP contribution in [-0.4, -0.2) is 70.5 Å². The molecule has 0 spiro atoms. The minimum Gasteiger partial charge on any atom is -0.428 e. The second-order valence-electron chi connectivity index (χ2n) is 31.7. The minimum absolute atomic E-state index is 0.274. The molecule has 10 rings (SSSR count). The largest absolute Gasteiger partial charge is 0.514 e. The molecule has 0 aliphatic carbocycles. The van der Waals surface area contributed by atoms with Crippen LogP contribution in [0.2, 0.25) is 0 Å². The van der Waals surface area contributed by atoms with Crippen molar-refractivity contribution in [2.45, 2.75) is 158 Å². The highest BCUT2D eigenvalue weighted by Gasteiger charge is 2.26. The first kappa shape index (κ1) is 78.4. The van der Waals surface area contributed by atoms with Crippen molar-refractivity contribution in [3.05, 3.63) is 218 Å². The van der Waals surface area contributed by atoms with Gasteiger partial charge in [-0.15, -0.1) is 0 Å². The van der Waals surface area contributed by atoms with E-state index < -0.39 is 70.5 Å². The zero-order valence-electron chi connectivity index (χ0n) is 64.1. The van der Waals surface area contributed by atoms with Crippen molar-refractivity contribution in [1.29, 1.82) is 0 Å². The van der Waals surface area contributed by atoms with E-state index in [1.54, 1.807) is 197 Å². The summed E-state index contributed by atoms with van der Waals surface area (Å²) in [7, 11) is 0. The van der Waals surface area contributed by atoms with Crippen molar-refractivity contribution >= 4 is 36.9 Å². The SMILES string of the molecule is CC(C)(C)OC(=O)Oc1ccc(-c2cc(-c3ccc(OC(=O)OC(C)(C)C)cc3)cc(-c3cc(-c4cc(-c5ccc(OC(=O)OC(C)(C)C)cc5)cc(-c5ccc(OC(=O)OC(C)(C)C)cc5)c4)cc(-c4cc(-c5ccc(OC(=O)OC(C)(C)C)cc5)cc(-c5ccc(OC(=O)OC(C)(C)C)cc5)c4)c3)c2)cc1. The Labute approximate surface area is 630 Å².